The molecule has 0 spiro atoms. The number of aromatic nitrogens is 2. The van der Waals surface area contributed by atoms with Crippen LogP contribution >= 0.6 is 0 Å². The number of hydrogen-bond acceptors (Lipinski definition) is 4. The predicted octanol–water partition coefficient (Wildman–Crippen LogP) is 4.30. The van der Waals surface area contributed by atoms with Gasteiger partial charge in [0.05, 0.1) is 22.8 Å². The van der Waals surface area contributed by atoms with Crippen LogP contribution in [-0.2, 0) is 0 Å². The Bertz CT molecular complexity index is 638. The lowest BCUT2D eigenvalue weighted by Gasteiger charge is -2.26. The summed E-state index contributed by atoms with van der Waals surface area (Å²) in [7, 11) is 0. The van der Waals surface area contributed by atoms with E-state index in [4.69, 9.17) is 0 Å². The van der Waals surface area contributed by atoms with Crippen LogP contribution in [0, 0.1) is 10.8 Å². The van der Waals surface area contributed by atoms with Gasteiger partial charge in [-0.3, -0.25) is 0 Å². The van der Waals surface area contributed by atoms with E-state index in [9.17, 15) is 10.2 Å². The van der Waals surface area contributed by atoms with E-state index in [-0.39, 0.29) is 10.8 Å². The quantitative estimate of drug-likeness (QED) is 0.881. The number of nitrogens with zero attached hydrogens (tertiary/aromatic N) is 2. The van der Waals surface area contributed by atoms with Crippen molar-refractivity contribution in [2.24, 2.45) is 10.8 Å². The number of pyridine rings is 2. The molecule has 0 aliphatic rings. The molecule has 130 valence electrons. The zero-order chi connectivity index (χ0) is 18.1. The Kier molecular flexibility index (Phi) is 5.11. The summed E-state index contributed by atoms with van der Waals surface area (Å²) in [6.07, 6.45) is -1.30. The largest absolute Gasteiger partial charge is 0.386 e. The Hall–Kier alpha value is -1.78. The van der Waals surface area contributed by atoms with Crippen molar-refractivity contribution >= 4 is 0 Å². The van der Waals surface area contributed by atoms with Crippen molar-refractivity contribution in [2.45, 2.75) is 53.8 Å². The minimum Gasteiger partial charge on any atom is -0.386 e. The van der Waals surface area contributed by atoms with E-state index in [1.54, 1.807) is 0 Å². The van der Waals surface area contributed by atoms with Crippen LogP contribution in [0.25, 0.3) is 11.4 Å². The molecule has 0 saturated heterocycles. The molecule has 2 N–H and O–H groups in total. The van der Waals surface area contributed by atoms with E-state index < -0.39 is 12.2 Å². The smallest absolute Gasteiger partial charge is 0.101 e. The summed E-state index contributed by atoms with van der Waals surface area (Å²) < 4.78 is 0. The molecule has 0 aliphatic heterocycles. The van der Waals surface area contributed by atoms with E-state index in [2.05, 4.69) is 9.97 Å². The van der Waals surface area contributed by atoms with Crippen LogP contribution in [-0.4, -0.2) is 20.2 Å². The molecule has 2 aromatic rings. The Morgan fingerprint density at radius 3 is 1.29 bits per heavy atom. The molecule has 0 saturated carbocycles. The first-order valence-corrected chi connectivity index (χ1v) is 8.30. The Labute approximate surface area is 144 Å². The van der Waals surface area contributed by atoms with Crippen molar-refractivity contribution < 1.29 is 10.2 Å². The summed E-state index contributed by atoms with van der Waals surface area (Å²) in [5.74, 6) is 0. The first kappa shape index (κ1) is 18.6. The second-order valence-electron chi connectivity index (χ2n) is 8.43. The van der Waals surface area contributed by atoms with Crippen molar-refractivity contribution in [3.63, 3.8) is 0 Å². The summed E-state index contributed by atoms with van der Waals surface area (Å²) in [4.78, 5) is 9.16. The van der Waals surface area contributed by atoms with Crippen LogP contribution in [0.15, 0.2) is 36.4 Å². The summed E-state index contributed by atoms with van der Waals surface area (Å²) in [5, 5.41) is 20.9. The molecular formula is C20H28N2O2. The van der Waals surface area contributed by atoms with Crippen LogP contribution in [0.3, 0.4) is 0 Å². The lowest BCUT2D eigenvalue weighted by molar-refractivity contribution is 0.0587. The van der Waals surface area contributed by atoms with E-state index in [0.29, 0.717) is 22.8 Å². The number of rotatable bonds is 3. The lowest BCUT2D eigenvalue weighted by atomic mass is 9.86. The first-order valence-electron chi connectivity index (χ1n) is 8.30. The van der Waals surface area contributed by atoms with Gasteiger partial charge in [-0.2, -0.15) is 0 Å². The minimum atomic E-state index is -0.652. The second-order valence-corrected chi connectivity index (χ2v) is 8.43. The van der Waals surface area contributed by atoms with Gasteiger partial charge >= 0.3 is 0 Å². The summed E-state index contributed by atoms with van der Waals surface area (Å²) in [6, 6.07) is 11.1. The number of aliphatic hydroxyl groups excluding tert-OH is 2. The van der Waals surface area contributed by atoms with Crippen LogP contribution < -0.4 is 0 Å². The summed E-state index contributed by atoms with van der Waals surface area (Å²) >= 11 is 0. The SMILES string of the molecule is CC(C)(C)C(O)c1cccc(-c2cccc(C(O)C(C)(C)C)n2)n1. The molecule has 0 bridgehead atoms. The molecule has 0 aliphatic carbocycles. The Morgan fingerprint density at radius 1 is 0.667 bits per heavy atom. The van der Waals surface area contributed by atoms with Gasteiger partial charge in [0.25, 0.3) is 0 Å². The molecule has 2 aromatic heterocycles. The molecule has 0 fully saturated rings. The maximum absolute atomic E-state index is 10.5. The lowest BCUT2D eigenvalue weighted by Crippen LogP contribution is -2.19. The summed E-state index contributed by atoms with van der Waals surface area (Å²) in [5.41, 5.74) is 2.07. The van der Waals surface area contributed by atoms with Gasteiger partial charge in [-0.15, -0.1) is 0 Å². The second kappa shape index (κ2) is 6.61. The van der Waals surface area contributed by atoms with Gasteiger partial charge in [-0.25, -0.2) is 9.97 Å². The first-order chi connectivity index (χ1) is 11.0. The third-order valence-electron chi connectivity index (χ3n) is 4.00. The maximum Gasteiger partial charge on any atom is 0.101 e. The molecule has 2 rings (SSSR count). The zero-order valence-corrected chi connectivity index (χ0v) is 15.4. The molecule has 2 atom stereocenters. The van der Waals surface area contributed by atoms with Crippen molar-refractivity contribution in [1.29, 1.82) is 0 Å². The van der Waals surface area contributed by atoms with Gasteiger partial charge < -0.3 is 10.2 Å². The normalized spacial score (nSPS) is 15.2. The third-order valence-corrected chi connectivity index (χ3v) is 4.00. The van der Waals surface area contributed by atoms with E-state index in [1.165, 1.54) is 0 Å². The van der Waals surface area contributed by atoms with Gasteiger partial charge in [-0.05, 0) is 35.1 Å². The van der Waals surface area contributed by atoms with Crippen LogP contribution in [0.2, 0.25) is 0 Å². The highest BCUT2D eigenvalue weighted by Crippen LogP contribution is 2.34. The Morgan fingerprint density at radius 2 is 1.00 bits per heavy atom. The van der Waals surface area contributed by atoms with Crippen molar-refractivity contribution in [1.82, 2.24) is 9.97 Å². The van der Waals surface area contributed by atoms with Crippen molar-refractivity contribution in [3.8, 4) is 11.4 Å². The van der Waals surface area contributed by atoms with Gasteiger partial charge in [0.2, 0.25) is 0 Å². The van der Waals surface area contributed by atoms with E-state index in [1.807, 2.05) is 77.9 Å². The molecule has 4 heteroatoms. The van der Waals surface area contributed by atoms with Gasteiger partial charge in [0.1, 0.15) is 12.2 Å². The maximum atomic E-state index is 10.5. The topological polar surface area (TPSA) is 66.2 Å². The average Bonchev–Trinajstić information content (AvgIpc) is 2.52. The fourth-order valence-corrected chi connectivity index (χ4v) is 2.38. The molecule has 4 nitrogen and oxygen atoms in total. The molecule has 2 unspecified atom stereocenters. The predicted molar refractivity (Wildman–Crippen MR) is 96.3 cm³/mol. The zero-order valence-electron chi connectivity index (χ0n) is 15.4. The van der Waals surface area contributed by atoms with Gasteiger partial charge in [-0.1, -0.05) is 53.7 Å². The van der Waals surface area contributed by atoms with Crippen LogP contribution in [0.4, 0.5) is 0 Å². The molecule has 24 heavy (non-hydrogen) atoms. The molecule has 2 heterocycles. The monoisotopic (exact) mass is 328 g/mol. The highest BCUT2D eigenvalue weighted by molar-refractivity contribution is 5.54. The summed E-state index contributed by atoms with van der Waals surface area (Å²) in [6.45, 7) is 11.9. The van der Waals surface area contributed by atoms with Crippen molar-refractivity contribution in [2.75, 3.05) is 0 Å². The van der Waals surface area contributed by atoms with Gasteiger partial charge in [0.15, 0.2) is 0 Å². The highest BCUT2D eigenvalue weighted by atomic mass is 16.3. The fraction of sp³-hybridized carbons (Fsp3) is 0.500. The van der Waals surface area contributed by atoms with E-state index in [0.717, 1.165) is 0 Å². The molecular weight excluding hydrogens is 300 g/mol. The molecule has 0 aromatic carbocycles. The fourth-order valence-electron chi connectivity index (χ4n) is 2.38. The van der Waals surface area contributed by atoms with Gasteiger partial charge in [0, 0.05) is 0 Å². The highest BCUT2D eigenvalue weighted by Gasteiger charge is 2.26. The number of aliphatic hydroxyl groups is 2. The molecule has 0 amide bonds. The standard InChI is InChI=1S/C20H28N2O2/c1-19(2,3)17(23)15-11-7-9-13(21-15)14-10-8-12-16(22-14)18(24)20(4,5)6/h7-12,17-18,23-24H,1-6H3. The minimum absolute atomic E-state index is 0.288. The molecule has 0 radical (unpaired) electrons. The van der Waals surface area contributed by atoms with Crippen LogP contribution in [0.5, 0.6) is 0 Å². The van der Waals surface area contributed by atoms with Crippen LogP contribution in [0.1, 0.15) is 65.1 Å². The Balaban J connectivity index is 2.40. The van der Waals surface area contributed by atoms with E-state index >= 15 is 0 Å². The van der Waals surface area contributed by atoms with Crippen molar-refractivity contribution in [3.05, 3.63) is 47.8 Å². The average molecular weight is 328 g/mol. The third kappa shape index (κ3) is 4.19. The number of hydrogen-bond donors (Lipinski definition) is 2.